The summed E-state index contributed by atoms with van der Waals surface area (Å²) in [7, 11) is 0. The van der Waals surface area contributed by atoms with Gasteiger partial charge in [-0.05, 0) is 40.5 Å². The molecule has 0 spiro atoms. The van der Waals surface area contributed by atoms with Gasteiger partial charge in [0.05, 0.1) is 11.8 Å². The van der Waals surface area contributed by atoms with Crippen LogP contribution in [0.2, 0.25) is 5.02 Å². The molecule has 2 aromatic rings. The summed E-state index contributed by atoms with van der Waals surface area (Å²) in [5.74, 6) is 0.594. The average molecular weight is 379 g/mol. The van der Waals surface area contributed by atoms with Crippen molar-refractivity contribution in [2.24, 2.45) is 0 Å². The minimum atomic E-state index is 0. The Hall–Kier alpha value is -0.138. The molecule has 0 saturated carbocycles. The number of benzene rings is 1. The Morgan fingerprint density at radius 3 is 2.73 bits per heavy atom. The molecule has 0 atom stereocenters. The SMILES string of the molecule is Cc1cc(-c2ncco2)c(Br)cc1Cl.[Pd]. The first-order chi connectivity index (χ1) is 6.68. The van der Waals surface area contributed by atoms with Gasteiger partial charge in [-0.1, -0.05) is 11.6 Å². The molecule has 0 aliphatic heterocycles. The Balaban J connectivity index is 0.00000112. The number of nitrogens with zero attached hydrogens (tertiary/aromatic N) is 1. The van der Waals surface area contributed by atoms with Crippen molar-refractivity contribution in [1.82, 2.24) is 4.98 Å². The first-order valence-electron chi connectivity index (χ1n) is 4.04. The molecule has 5 heteroatoms. The average Bonchev–Trinajstić information content (AvgIpc) is 2.64. The molecule has 2 nitrogen and oxygen atoms in total. The third-order valence-corrected chi connectivity index (χ3v) is 2.97. The van der Waals surface area contributed by atoms with Crippen molar-refractivity contribution in [3.8, 4) is 11.5 Å². The van der Waals surface area contributed by atoms with Crippen LogP contribution in [0.25, 0.3) is 11.5 Å². The molecule has 0 amide bonds. The summed E-state index contributed by atoms with van der Waals surface area (Å²) in [6, 6.07) is 3.79. The summed E-state index contributed by atoms with van der Waals surface area (Å²) in [5, 5.41) is 0.729. The number of hydrogen-bond donors (Lipinski definition) is 0. The van der Waals surface area contributed by atoms with E-state index in [0.717, 1.165) is 20.6 Å². The number of oxazole rings is 1. The first-order valence-corrected chi connectivity index (χ1v) is 5.21. The topological polar surface area (TPSA) is 26.0 Å². The minimum Gasteiger partial charge on any atom is -0.444 e. The zero-order chi connectivity index (χ0) is 10.1. The van der Waals surface area contributed by atoms with Crippen LogP contribution in [-0.4, -0.2) is 4.98 Å². The molecule has 0 saturated heterocycles. The van der Waals surface area contributed by atoms with Crippen LogP contribution in [0.3, 0.4) is 0 Å². The number of halogens is 2. The molecule has 1 aromatic carbocycles. The first kappa shape index (κ1) is 12.9. The third-order valence-electron chi connectivity index (χ3n) is 1.91. The summed E-state index contributed by atoms with van der Waals surface area (Å²) in [6.45, 7) is 1.95. The molecule has 0 aliphatic carbocycles. The molecule has 1 heterocycles. The van der Waals surface area contributed by atoms with Crippen LogP contribution < -0.4 is 0 Å². The molecule has 0 aliphatic rings. The van der Waals surface area contributed by atoms with Crippen LogP contribution in [0.4, 0.5) is 0 Å². The van der Waals surface area contributed by atoms with E-state index in [-0.39, 0.29) is 20.4 Å². The van der Waals surface area contributed by atoms with Gasteiger partial charge in [-0.25, -0.2) is 4.98 Å². The monoisotopic (exact) mass is 377 g/mol. The zero-order valence-corrected chi connectivity index (χ0v) is 11.6. The van der Waals surface area contributed by atoms with E-state index in [2.05, 4.69) is 20.9 Å². The van der Waals surface area contributed by atoms with E-state index in [0.29, 0.717) is 5.89 Å². The fraction of sp³-hybridized carbons (Fsp3) is 0.100. The molecular weight excluding hydrogens is 372 g/mol. The molecule has 0 fully saturated rings. The predicted molar refractivity (Wildman–Crippen MR) is 59.4 cm³/mol. The minimum absolute atomic E-state index is 0. The van der Waals surface area contributed by atoms with Crippen LogP contribution in [0.1, 0.15) is 5.56 Å². The van der Waals surface area contributed by atoms with E-state index < -0.39 is 0 Å². The van der Waals surface area contributed by atoms with Crippen LogP contribution in [-0.2, 0) is 20.4 Å². The second-order valence-corrected chi connectivity index (χ2v) is 4.18. The van der Waals surface area contributed by atoms with Crippen molar-refractivity contribution < 1.29 is 24.8 Å². The normalized spacial score (nSPS) is 9.80. The molecule has 82 valence electrons. The Kier molecular flexibility index (Phi) is 4.54. The van der Waals surface area contributed by atoms with Gasteiger partial charge in [0.1, 0.15) is 6.26 Å². The number of aromatic nitrogens is 1. The van der Waals surface area contributed by atoms with Crippen molar-refractivity contribution >= 4 is 27.5 Å². The van der Waals surface area contributed by atoms with Crippen LogP contribution in [0.5, 0.6) is 0 Å². The molecule has 1 aromatic heterocycles. The van der Waals surface area contributed by atoms with E-state index in [1.807, 2.05) is 19.1 Å². The quantitative estimate of drug-likeness (QED) is 0.699. The van der Waals surface area contributed by atoms with E-state index in [1.54, 1.807) is 12.5 Å². The Bertz CT molecular complexity index is 459. The van der Waals surface area contributed by atoms with Crippen molar-refractivity contribution in [1.29, 1.82) is 0 Å². The molecule has 0 bridgehead atoms. The van der Waals surface area contributed by atoms with Crippen molar-refractivity contribution in [2.75, 3.05) is 0 Å². The number of aryl methyl sites for hydroxylation is 1. The van der Waals surface area contributed by atoms with Gasteiger partial charge in [0.15, 0.2) is 0 Å². The standard InChI is InChI=1S/C10H7BrClNO.Pd/c1-6-4-7(8(11)5-9(6)12)10-13-2-3-14-10;/h2-5H,1H3;. The van der Waals surface area contributed by atoms with Crippen molar-refractivity contribution in [3.63, 3.8) is 0 Å². The summed E-state index contributed by atoms with van der Waals surface area (Å²) in [5.41, 5.74) is 1.92. The van der Waals surface area contributed by atoms with E-state index >= 15 is 0 Å². The summed E-state index contributed by atoms with van der Waals surface area (Å²) < 4.78 is 6.10. The molecular formula is C10H7BrClNOPd. The van der Waals surface area contributed by atoms with Gasteiger partial charge >= 0.3 is 0 Å². The van der Waals surface area contributed by atoms with E-state index in [1.165, 1.54) is 0 Å². The molecule has 0 radical (unpaired) electrons. The van der Waals surface area contributed by atoms with Crippen molar-refractivity contribution in [3.05, 3.63) is 39.7 Å². The van der Waals surface area contributed by atoms with Gasteiger partial charge in [0.2, 0.25) is 5.89 Å². The fourth-order valence-corrected chi connectivity index (χ4v) is 1.99. The van der Waals surface area contributed by atoms with Crippen LogP contribution in [0.15, 0.2) is 33.5 Å². The van der Waals surface area contributed by atoms with Gasteiger partial charge in [-0.15, -0.1) is 0 Å². The molecule has 15 heavy (non-hydrogen) atoms. The Labute approximate surface area is 115 Å². The maximum atomic E-state index is 5.97. The fourth-order valence-electron chi connectivity index (χ4n) is 1.18. The van der Waals surface area contributed by atoms with Gasteiger partial charge in [-0.3, -0.25) is 0 Å². The van der Waals surface area contributed by atoms with E-state index in [9.17, 15) is 0 Å². The van der Waals surface area contributed by atoms with Crippen LogP contribution >= 0.6 is 27.5 Å². The molecule has 0 N–H and O–H groups in total. The molecule has 2 rings (SSSR count). The maximum Gasteiger partial charge on any atom is 0.227 e. The summed E-state index contributed by atoms with van der Waals surface area (Å²) in [4.78, 5) is 4.08. The third kappa shape index (κ3) is 2.70. The Morgan fingerprint density at radius 1 is 1.40 bits per heavy atom. The van der Waals surface area contributed by atoms with Crippen LogP contribution in [0, 0.1) is 6.92 Å². The van der Waals surface area contributed by atoms with Gasteiger partial charge in [0.25, 0.3) is 0 Å². The second-order valence-electron chi connectivity index (χ2n) is 2.92. The largest absolute Gasteiger partial charge is 0.444 e. The summed E-state index contributed by atoms with van der Waals surface area (Å²) >= 11 is 9.38. The Morgan fingerprint density at radius 2 is 2.13 bits per heavy atom. The van der Waals surface area contributed by atoms with E-state index in [4.69, 9.17) is 16.0 Å². The smallest absolute Gasteiger partial charge is 0.227 e. The summed E-state index contributed by atoms with van der Waals surface area (Å²) in [6.07, 6.45) is 3.16. The van der Waals surface area contributed by atoms with Crippen molar-refractivity contribution in [2.45, 2.75) is 6.92 Å². The number of hydrogen-bond acceptors (Lipinski definition) is 2. The maximum absolute atomic E-state index is 5.97. The molecule has 0 unspecified atom stereocenters. The van der Waals surface area contributed by atoms with Gasteiger partial charge in [-0.2, -0.15) is 0 Å². The van der Waals surface area contributed by atoms with Gasteiger partial charge in [0, 0.05) is 29.9 Å². The van der Waals surface area contributed by atoms with Gasteiger partial charge < -0.3 is 4.42 Å². The second kappa shape index (κ2) is 5.27. The number of rotatable bonds is 1. The zero-order valence-electron chi connectivity index (χ0n) is 7.74. The predicted octanol–water partition coefficient (Wildman–Crippen LogP) is 4.06.